The van der Waals surface area contributed by atoms with Gasteiger partial charge in [0.25, 0.3) is 0 Å². The highest BCUT2D eigenvalue weighted by Crippen LogP contribution is 2.37. The Balaban J connectivity index is 1.99. The summed E-state index contributed by atoms with van der Waals surface area (Å²) in [7, 11) is 1.11. The van der Waals surface area contributed by atoms with Crippen molar-refractivity contribution in [3.8, 4) is 0 Å². The lowest BCUT2D eigenvalue weighted by atomic mass is 10.1. The highest BCUT2D eigenvalue weighted by atomic mass is 35.5. The summed E-state index contributed by atoms with van der Waals surface area (Å²) < 4.78 is 86.7. The molecule has 0 atom stereocenters. The Morgan fingerprint density at radius 3 is 1.88 bits per heavy atom. The predicted molar refractivity (Wildman–Crippen MR) is 107 cm³/mol. The first-order chi connectivity index (χ1) is 15.7. The van der Waals surface area contributed by atoms with Gasteiger partial charge in [-0.3, -0.25) is 9.59 Å². The first-order valence-corrected chi connectivity index (χ1v) is 9.43. The Morgan fingerprint density at radius 2 is 1.38 bits per heavy atom. The lowest BCUT2D eigenvalue weighted by Crippen LogP contribution is -2.25. The normalized spacial score (nSPS) is 11.6. The number of benzene rings is 2. The molecule has 0 saturated heterocycles. The number of carbonyl (C=O) groups excluding carboxylic acids is 3. The van der Waals surface area contributed by atoms with E-state index in [9.17, 15) is 40.7 Å². The van der Waals surface area contributed by atoms with Crippen LogP contribution < -0.4 is 10.6 Å². The summed E-state index contributed by atoms with van der Waals surface area (Å²) in [6.45, 7) is -1.59. The van der Waals surface area contributed by atoms with Crippen LogP contribution in [0, 0.1) is 0 Å². The van der Waals surface area contributed by atoms with Gasteiger partial charge in [0.15, 0.2) is 0 Å². The third-order valence-corrected chi connectivity index (χ3v) is 4.23. The van der Waals surface area contributed by atoms with Crippen LogP contribution in [-0.2, 0) is 31.4 Å². The summed E-state index contributed by atoms with van der Waals surface area (Å²) in [6.07, 6.45) is -10.2. The molecule has 184 valence electrons. The van der Waals surface area contributed by atoms with Gasteiger partial charge in [-0.15, -0.1) is 0 Å². The fourth-order valence-corrected chi connectivity index (χ4v) is 2.72. The molecule has 0 heterocycles. The van der Waals surface area contributed by atoms with Gasteiger partial charge in [0.05, 0.1) is 29.5 Å². The minimum Gasteiger partial charge on any atom is -0.465 e. The minimum absolute atomic E-state index is 0.0259. The van der Waals surface area contributed by atoms with E-state index in [0.29, 0.717) is 12.1 Å². The van der Waals surface area contributed by atoms with E-state index in [1.54, 1.807) is 0 Å². The van der Waals surface area contributed by atoms with Crippen LogP contribution in [0.25, 0.3) is 0 Å². The van der Waals surface area contributed by atoms with Gasteiger partial charge in [-0.05, 0) is 36.4 Å². The van der Waals surface area contributed by atoms with Gasteiger partial charge < -0.3 is 20.1 Å². The molecule has 2 aromatic rings. The number of ether oxygens (including phenoxy) is 2. The Hall–Kier alpha value is -3.32. The van der Waals surface area contributed by atoms with Gasteiger partial charge in [0.2, 0.25) is 11.8 Å². The molecule has 2 aromatic carbocycles. The number of hydrogen-bond donors (Lipinski definition) is 2. The topological polar surface area (TPSA) is 93.7 Å². The third kappa shape index (κ3) is 7.63. The molecule has 0 spiro atoms. The van der Waals surface area contributed by atoms with Crippen LogP contribution in [0.5, 0.6) is 0 Å². The second-order valence-electron chi connectivity index (χ2n) is 6.57. The Kier molecular flexibility index (Phi) is 8.51. The first kappa shape index (κ1) is 26.9. The summed E-state index contributed by atoms with van der Waals surface area (Å²) in [5.41, 5.74) is -4.02. The zero-order chi connectivity index (χ0) is 25.7. The van der Waals surface area contributed by atoms with E-state index in [1.165, 1.54) is 18.2 Å². The Labute approximate surface area is 193 Å². The molecule has 0 unspecified atom stereocenters. The van der Waals surface area contributed by atoms with Crippen molar-refractivity contribution >= 4 is 40.8 Å². The summed E-state index contributed by atoms with van der Waals surface area (Å²) in [6, 6.07) is 4.49. The zero-order valence-electron chi connectivity index (χ0n) is 17.1. The van der Waals surface area contributed by atoms with E-state index in [4.69, 9.17) is 16.3 Å². The van der Waals surface area contributed by atoms with E-state index in [2.05, 4.69) is 10.1 Å². The highest BCUT2D eigenvalue weighted by molar-refractivity contribution is 6.31. The molecule has 0 radical (unpaired) electrons. The molecule has 2 rings (SSSR count). The number of methoxy groups -OCH3 is 1. The van der Waals surface area contributed by atoms with E-state index >= 15 is 0 Å². The molecule has 0 fully saturated rings. The predicted octanol–water partition coefficient (Wildman–Crippen LogP) is 4.76. The van der Waals surface area contributed by atoms with Crippen molar-refractivity contribution in [3.05, 3.63) is 58.1 Å². The number of hydrogen-bond acceptors (Lipinski definition) is 5. The Bertz CT molecular complexity index is 1060. The van der Waals surface area contributed by atoms with Gasteiger partial charge in [-0.25, -0.2) is 4.79 Å². The van der Waals surface area contributed by atoms with Gasteiger partial charge in [0.1, 0.15) is 13.2 Å². The summed E-state index contributed by atoms with van der Waals surface area (Å²) in [4.78, 5) is 35.7. The molecular weight excluding hydrogens is 498 g/mol. The Morgan fingerprint density at radius 1 is 0.853 bits per heavy atom. The number of nitrogens with one attached hydrogen (secondary N) is 2. The molecule has 0 bridgehead atoms. The molecule has 0 aliphatic rings. The van der Waals surface area contributed by atoms with Crippen LogP contribution in [0.2, 0.25) is 5.02 Å². The van der Waals surface area contributed by atoms with Crippen LogP contribution in [-0.4, -0.2) is 38.1 Å². The second-order valence-corrected chi connectivity index (χ2v) is 7.00. The summed E-state index contributed by atoms with van der Waals surface area (Å²) in [5.74, 6) is -2.72. The fourth-order valence-electron chi connectivity index (χ4n) is 2.55. The van der Waals surface area contributed by atoms with Crippen molar-refractivity contribution in [1.29, 1.82) is 0 Å². The number of alkyl halides is 6. The molecular formula is C20H15ClF6N2O5. The van der Waals surface area contributed by atoms with Crippen LogP contribution in [0.15, 0.2) is 36.4 Å². The van der Waals surface area contributed by atoms with E-state index < -0.39 is 60.2 Å². The van der Waals surface area contributed by atoms with E-state index in [-0.39, 0.29) is 22.3 Å². The molecule has 34 heavy (non-hydrogen) atoms. The molecule has 0 aliphatic carbocycles. The maximum atomic E-state index is 12.9. The number of anilines is 2. The molecule has 2 N–H and O–H groups in total. The average Bonchev–Trinajstić information content (AvgIpc) is 2.73. The average molecular weight is 513 g/mol. The maximum Gasteiger partial charge on any atom is 0.416 e. The number of amides is 2. The van der Waals surface area contributed by atoms with Gasteiger partial charge in [-0.1, -0.05) is 11.6 Å². The van der Waals surface area contributed by atoms with Crippen LogP contribution in [0.1, 0.15) is 21.5 Å². The first-order valence-electron chi connectivity index (χ1n) is 9.05. The van der Waals surface area contributed by atoms with Crippen LogP contribution >= 0.6 is 11.6 Å². The van der Waals surface area contributed by atoms with Gasteiger partial charge in [0, 0.05) is 10.7 Å². The SMILES string of the molecule is COC(=O)c1cc(Cl)ccc1NC(=O)COCC(=O)Nc1cc(C(F)(F)F)cc(C(F)(F)F)c1. The van der Waals surface area contributed by atoms with E-state index in [0.717, 1.165) is 7.11 Å². The molecule has 0 saturated carbocycles. The zero-order valence-corrected chi connectivity index (χ0v) is 17.8. The molecule has 2 amide bonds. The maximum absolute atomic E-state index is 12.9. The lowest BCUT2D eigenvalue weighted by molar-refractivity contribution is -0.143. The molecule has 0 aliphatic heterocycles. The third-order valence-electron chi connectivity index (χ3n) is 4.00. The van der Waals surface area contributed by atoms with Crippen molar-refractivity contribution in [2.24, 2.45) is 0 Å². The fraction of sp³-hybridized carbons (Fsp3) is 0.250. The van der Waals surface area contributed by atoms with Gasteiger partial charge >= 0.3 is 18.3 Å². The number of halogens is 7. The van der Waals surface area contributed by atoms with Crippen LogP contribution in [0.4, 0.5) is 37.7 Å². The lowest BCUT2D eigenvalue weighted by Gasteiger charge is -2.15. The smallest absolute Gasteiger partial charge is 0.416 e. The molecule has 14 heteroatoms. The molecule has 7 nitrogen and oxygen atoms in total. The van der Waals surface area contributed by atoms with Crippen molar-refractivity contribution < 1.29 is 50.2 Å². The van der Waals surface area contributed by atoms with Crippen molar-refractivity contribution in [2.45, 2.75) is 12.4 Å². The standard InChI is InChI=1S/C20H15ClF6N2O5/c1-33-18(32)14-7-12(21)2-3-15(14)29-17(31)9-34-8-16(30)28-13-5-10(19(22,23)24)4-11(6-13)20(25,26)27/h2-7H,8-9H2,1H3,(H,28,30)(H,29,31). The quantitative estimate of drug-likeness (QED) is 0.412. The summed E-state index contributed by atoms with van der Waals surface area (Å²) in [5, 5.41) is 4.37. The van der Waals surface area contributed by atoms with Crippen molar-refractivity contribution in [2.75, 3.05) is 31.0 Å². The van der Waals surface area contributed by atoms with Crippen LogP contribution in [0.3, 0.4) is 0 Å². The molecule has 0 aromatic heterocycles. The van der Waals surface area contributed by atoms with E-state index in [1.807, 2.05) is 5.32 Å². The van der Waals surface area contributed by atoms with Crippen molar-refractivity contribution in [1.82, 2.24) is 0 Å². The summed E-state index contributed by atoms with van der Waals surface area (Å²) >= 11 is 5.79. The number of rotatable bonds is 7. The second kappa shape index (κ2) is 10.7. The number of carbonyl (C=O) groups is 3. The minimum atomic E-state index is -5.08. The highest BCUT2D eigenvalue weighted by Gasteiger charge is 2.37. The monoisotopic (exact) mass is 512 g/mol. The van der Waals surface area contributed by atoms with Crippen molar-refractivity contribution in [3.63, 3.8) is 0 Å². The van der Waals surface area contributed by atoms with Gasteiger partial charge in [-0.2, -0.15) is 26.3 Å². The number of esters is 1. The largest absolute Gasteiger partial charge is 0.465 e.